The van der Waals surface area contributed by atoms with Gasteiger partial charge >= 0.3 is 0 Å². The number of carbonyl (C=O) groups is 1. The van der Waals surface area contributed by atoms with E-state index < -0.39 is 10.0 Å². The lowest BCUT2D eigenvalue weighted by atomic mass is 10.2. The van der Waals surface area contributed by atoms with Gasteiger partial charge in [-0.2, -0.15) is 0 Å². The van der Waals surface area contributed by atoms with Gasteiger partial charge in [0, 0.05) is 16.6 Å². The van der Waals surface area contributed by atoms with E-state index in [-0.39, 0.29) is 11.7 Å². The second-order valence-corrected chi connectivity index (χ2v) is 8.20. The predicted octanol–water partition coefficient (Wildman–Crippen LogP) is 2.86. The highest BCUT2D eigenvalue weighted by Gasteiger charge is 2.13. The molecule has 0 radical (unpaired) electrons. The summed E-state index contributed by atoms with van der Waals surface area (Å²) < 4.78 is 27.3. The van der Waals surface area contributed by atoms with Crippen LogP contribution in [0.15, 0.2) is 53.9 Å². The lowest BCUT2D eigenvalue weighted by Gasteiger charge is -2.05. The molecule has 0 atom stereocenters. The van der Waals surface area contributed by atoms with Gasteiger partial charge in [0.15, 0.2) is 0 Å². The zero-order valence-corrected chi connectivity index (χ0v) is 16.0. The molecule has 7 nitrogen and oxygen atoms in total. The summed E-state index contributed by atoms with van der Waals surface area (Å²) in [4.78, 5) is 16.7. The van der Waals surface area contributed by atoms with E-state index in [9.17, 15) is 13.2 Å². The second kappa shape index (κ2) is 7.87. The minimum absolute atomic E-state index is 0.251. The zero-order valence-electron chi connectivity index (χ0n) is 14.4. The quantitative estimate of drug-likeness (QED) is 0.657. The van der Waals surface area contributed by atoms with Crippen molar-refractivity contribution in [1.29, 1.82) is 0 Å². The van der Waals surface area contributed by atoms with Crippen LogP contribution in [0.2, 0.25) is 0 Å². The van der Waals surface area contributed by atoms with Gasteiger partial charge in [0.05, 0.1) is 12.9 Å². The van der Waals surface area contributed by atoms with E-state index in [1.54, 1.807) is 36.8 Å². The minimum atomic E-state index is -3.59. The van der Waals surface area contributed by atoms with Crippen molar-refractivity contribution in [1.82, 2.24) is 4.98 Å². The number of methoxy groups -OCH3 is 1. The first-order chi connectivity index (χ1) is 12.8. The molecular formula is C18H17N3O4S2. The molecule has 3 N–H and O–H groups in total. The molecule has 0 aliphatic rings. The van der Waals surface area contributed by atoms with Crippen molar-refractivity contribution in [2.24, 2.45) is 5.14 Å². The van der Waals surface area contributed by atoms with Crippen molar-refractivity contribution in [2.75, 3.05) is 12.4 Å². The number of amides is 1. The number of primary sulfonamides is 1. The molecule has 27 heavy (non-hydrogen) atoms. The number of nitrogens with zero attached hydrogens (tertiary/aromatic N) is 1. The first-order valence-electron chi connectivity index (χ1n) is 7.85. The number of aromatic nitrogens is 1. The highest BCUT2D eigenvalue weighted by Crippen LogP contribution is 2.26. The normalized spacial score (nSPS) is 11.2. The van der Waals surface area contributed by atoms with Gasteiger partial charge in [-0.3, -0.25) is 4.79 Å². The average Bonchev–Trinajstić information content (AvgIpc) is 3.12. The van der Waals surface area contributed by atoms with Crippen LogP contribution in [0, 0.1) is 0 Å². The van der Waals surface area contributed by atoms with Crippen LogP contribution in [-0.2, 0) is 15.8 Å². The summed E-state index contributed by atoms with van der Waals surface area (Å²) in [6.45, 7) is 0. The number of carbonyl (C=O) groups excluding carboxylic acids is 1. The molecule has 2 aromatic carbocycles. The maximum Gasteiger partial charge on any atom is 0.275 e. The van der Waals surface area contributed by atoms with E-state index in [4.69, 9.17) is 9.88 Å². The molecule has 1 amide bonds. The third-order valence-corrected chi connectivity index (χ3v) is 5.28. The molecule has 0 unspecified atom stereocenters. The first kappa shape index (κ1) is 19.0. The molecule has 0 saturated carbocycles. The molecule has 0 aliphatic heterocycles. The maximum atomic E-state index is 12.4. The number of nitrogens with one attached hydrogen (secondary N) is 1. The minimum Gasteiger partial charge on any atom is -0.497 e. The molecule has 0 fully saturated rings. The standard InChI is InChI=1S/C18H17N3O4S2/c1-25-15-8-4-13(5-9-15)18-21-16(10-26-18)17(22)20-14-6-2-12(3-7-14)11-27(19,23)24/h2-10H,11H2,1H3,(H,20,22)(H2,19,23,24). The van der Waals surface area contributed by atoms with Crippen LogP contribution in [0.5, 0.6) is 5.75 Å². The summed E-state index contributed by atoms with van der Waals surface area (Å²) in [5, 5.41) is 10.2. The van der Waals surface area contributed by atoms with Gasteiger partial charge in [0.25, 0.3) is 5.91 Å². The Morgan fingerprint density at radius 2 is 1.81 bits per heavy atom. The highest BCUT2D eigenvalue weighted by molar-refractivity contribution is 7.88. The van der Waals surface area contributed by atoms with E-state index >= 15 is 0 Å². The molecule has 9 heteroatoms. The number of hydrogen-bond acceptors (Lipinski definition) is 6. The fraction of sp³-hybridized carbons (Fsp3) is 0.111. The van der Waals surface area contributed by atoms with E-state index in [0.29, 0.717) is 16.9 Å². The Morgan fingerprint density at radius 1 is 1.15 bits per heavy atom. The maximum absolute atomic E-state index is 12.4. The Balaban J connectivity index is 1.68. The number of sulfonamides is 1. The molecule has 140 valence electrons. The Labute approximate surface area is 160 Å². The third-order valence-electron chi connectivity index (χ3n) is 3.65. The van der Waals surface area contributed by atoms with Gasteiger partial charge in [-0.15, -0.1) is 11.3 Å². The predicted molar refractivity (Wildman–Crippen MR) is 105 cm³/mol. The van der Waals surface area contributed by atoms with Gasteiger partial charge in [0.1, 0.15) is 16.5 Å². The van der Waals surface area contributed by atoms with E-state index in [1.807, 2.05) is 24.3 Å². The van der Waals surface area contributed by atoms with Crippen molar-refractivity contribution in [3.05, 3.63) is 65.2 Å². The smallest absolute Gasteiger partial charge is 0.275 e. The van der Waals surface area contributed by atoms with Crippen molar-refractivity contribution >= 4 is 33.0 Å². The van der Waals surface area contributed by atoms with Gasteiger partial charge in [0.2, 0.25) is 10.0 Å². The summed E-state index contributed by atoms with van der Waals surface area (Å²) in [5.41, 5.74) is 2.29. The number of ether oxygens (including phenoxy) is 1. The van der Waals surface area contributed by atoms with E-state index in [1.165, 1.54) is 11.3 Å². The second-order valence-electron chi connectivity index (χ2n) is 5.72. The van der Waals surface area contributed by atoms with Gasteiger partial charge in [-0.05, 0) is 42.0 Å². The molecule has 0 saturated heterocycles. The van der Waals surface area contributed by atoms with Crippen molar-refractivity contribution < 1.29 is 17.9 Å². The summed E-state index contributed by atoms with van der Waals surface area (Å²) in [6.07, 6.45) is 0. The fourth-order valence-electron chi connectivity index (χ4n) is 2.36. The van der Waals surface area contributed by atoms with Crippen LogP contribution in [0.25, 0.3) is 10.6 Å². The number of hydrogen-bond donors (Lipinski definition) is 2. The highest BCUT2D eigenvalue weighted by atomic mass is 32.2. The Kier molecular flexibility index (Phi) is 5.54. The number of anilines is 1. The Hall–Kier alpha value is -2.75. The molecule has 0 aliphatic carbocycles. The fourth-order valence-corrected chi connectivity index (χ4v) is 3.82. The Bertz CT molecular complexity index is 1040. The van der Waals surface area contributed by atoms with Crippen molar-refractivity contribution in [2.45, 2.75) is 5.75 Å². The summed E-state index contributed by atoms with van der Waals surface area (Å²) in [7, 11) is -1.99. The van der Waals surface area contributed by atoms with Crippen LogP contribution in [0.1, 0.15) is 16.1 Å². The van der Waals surface area contributed by atoms with Gasteiger partial charge in [-0.25, -0.2) is 18.5 Å². The number of rotatable bonds is 6. The first-order valence-corrected chi connectivity index (χ1v) is 10.4. The van der Waals surface area contributed by atoms with Crippen molar-refractivity contribution in [3.8, 4) is 16.3 Å². The largest absolute Gasteiger partial charge is 0.497 e. The molecule has 0 spiro atoms. The number of nitrogens with two attached hydrogens (primary N) is 1. The van der Waals surface area contributed by atoms with Gasteiger partial charge in [-0.1, -0.05) is 12.1 Å². The summed E-state index contributed by atoms with van der Waals surface area (Å²) in [5.74, 6) is 0.155. The number of thiazole rings is 1. The molecule has 0 bridgehead atoms. The van der Waals surface area contributed by atoms with Crippen LogP contribution >= 0.6 is 11.3 Å². The molecular weight excluding hydrogens is 386 g/mol. The average molecular weight is 403 g/mol. The van der Waals surface area contributed by atoms with E-state index in [2.05, 4.69) is 10.3 Å². The Morgan fingerprint density at radius 3 is 2.41 bits per heavy atom. The zero-order chi connectivity index (χ0) is 19.4. The van der Waals surface area contributed by atoms with Gasteiger partial charge < -0.3 is 10.1 Å². The summed E-state index contributed by atoms with van der Waals surface area (Å²) >= 11 is 1.37. The molecule has 1 aromatic heterocycles. The topological polar surface area (TPSA) is 111 Å². The van der Waals surface area contributed by atoms with Crippen LogP contribution in [0.3, 0.4) is 0 Å². The summed E-state index contributed by atoms with van der Waals surface area (Å²) in [6, 6.07) is 13.9. The van der Waals surface area contributed by atoms with Crippen molar-refractivity contribution in [3.63, 3.8) is 0 Å². The molecule has 3 aromatic rings. The lowest BCUT2D eigenvalue weighted by Crippen LogP contribution is -2.15. The van der Waals surface area contributed by atoms with Crippen LogP contribution in [0.4, 0.5) is 5.69 Å². The lowest BCUT2D eigenvalue weighted by molar-refractivity contribution is 0.102. The number of benzene rings is 2. The van der Waals surface area contributed by atoms with E-state index in [0.717, 1.165) is 16.3 Å². The van der Waals surface area contributed by atoms with Crippen LogP contribution < -0.4 is 15.2 Å². The SMILES string of the molecule is COc1ccc(-c2nc(C(=O)Nc3ccc(CS(N)(=O)=O)cc3)cs2)cc1. The molecule has 1 heterocycles. The van der Waals surface area contributed by atoms with Crippen LogP contribution in [-0.4, -0.2) is 26.4 Å². The third kappa shape index (κ3) is 5.13. The monoisotopic (exact) mass is 403 g/mol. The molecule has 3 rings (SSSR count).